The molecule has 0 fully saturated rings. The van der Waals surface area contributed by atoms with E-state index in [0.717, 1.165) is 11.4 Å². The Morgan fingerprint density at radius 1 is 1.44 bits per heavy atom. The second kappa shape index (κ2) is 1.54. The zero-order valence-electron chi connectivity index (χ0n) is 5.89. The molecule has 0 amide bonds. The monoisotopic (exact) mass is 123 g/mol. The van der Waals surface area contributed by atoms with Crippen molar-refractivity contribution in [3.63, 3.8) is 0 Å². The Labute approximate surface area is 55.4 Å². The first kappa shape index (κ1) is 6.23. The van der Waals surface area contributed by atoms with Crippen LogP contribution in [-0.4, -0.2) is 24.9 Å². The first-order valence-corrected chi connectivity index (χ1v) is 2.82. The van der Waals surface area contributed by atoms with Gasteiger partial charge in [0.15, 0.2) is 12.0 Å². The molecular weight excluding hydrogens is 112 g/mol. The molecule has 2 heteroatoms. The molecule has 0 saturated carbocycles. The van der Waals surface area contributed by atoms with Crippen molar-refractivity contribution < 1.29 is 4.48 Å². The Morgan fingerprint density at radius 2 is 2.00 bits per heavy atom. The summed E-state index contributed by atoms with van der Waals surface area (Å²) in [6, 6.07) is 0. The van der Waals surface area contributed by atoms with E-state index in [1.54, 1.807) is 0 Å². The summed E-state index contributed by atoms with van der Waals surface area (Å²) in [5.74, 6) is 0. The fourth-order valence-electron chi connectivity index (χ4n) is 0.691. The van der Waals surface area contributed by atoms with Crippen LogP contribution in [0, 0.1) is 0 Å². The largest absolute Gasteiger partial charge is 0.252 e. The lowest BCUT2D eigenvalue weighted by Gasteiger charge is -2.18. The standard InChI is InChI=1S/C7H11N2/c1-6-7(2)9(3,4)5-8-6/h5H,1-2H2,3-4H3/q+1. The van der Waals surface area contributed by atoms with E-state index in [9.17, 15) is 0 Å². The molecule has 2 nitrogen and oxygen atoms in total. The molecule has 0 bridgehead atoms. The summed E-state index contributed by atoms with van der Waals surface area (Å²) in [6.45, 7) is 7.55. The second-order valence-electron chi connectivity index (χ2n) is 2.68. The highest BCUT2D eigenvalue weighted by molar-refractivity contribution is 5.57. The van der Waals surface area contributed by atoms with Crippen LogP contribution in [0.3, 0.4) is 0 Å². The third-order valence-corrected chi connectivity index (χ3v) is 1.53. The van der Waals surface area contributed by atoms with Crippen molar-refractivity contribution in [2.24, 2.45) is 4.99 Å². The Hall–Kier alpha value is -0.890. The molecule has 0 aromatic rings. The van der Waals surface area contributed by atoms with Gasteiger partial charge in [-0.3, -0.25) is 4.48 Å². The second-order valence-corrected chi connectivity index (χ2v) is 2.68. The molecule has 1 aliphatic rings. The minimum atomic E-state index is 0.638. The summed E-state index contributed by atoms with van der Waals surface area (Å²) in [4.78, 5) is 4.02. The average Bonchev–Trinajstić information content (AvgIpc) is 1.97. The molecule has 0 aromatic carbocycles. The maximum atomic E-state index is 4.02. The summed E-state index contributed by atoms with van der Waals surface area (Å²) in [5, 5.41) is 0. The van der Waals surface area contributed by atoms with Crippen LogP contribution < -0.4 is 0 Å². The van der Waals surface area contributed by atoms with Crippen LogP contribution in [0.4, 0.5) is 0 Å². The van der Waals surface area contributed by atoms with Crippen molar-refractivity contribution in [1.29, 1.82) is 0 Å². The van der Waals surface area contributed by atoms with Gasteiger partial charge in [0, 0.05) is 0 Å². The highest BCUT2D eigenvalue weighted by atomic mass is 15.4. The quantitative estimate of drug-likeness (QED) is 0.428. The zero-order chi connectivity index (χ0) is 7.07. The summed E-state index contributed by atoms with van der Waals surface area (Å²) in [7, 11) is 4.04. The SMILES string of the molecule is C=C1N=C[N+](C)(C)C1=C. The van der Waals surface area contributed by atoms with Crippen molar-refractivity contribution in [2.45, 2.75) is 0 Å². The Bertz CT molecular complexity index is 199. The van der Waals surface area contributed by atoms with E-state index < -0.39 is 0 Å². The molecule has 1 rings (SSSR count). The van der Waals surface area contributed by atoms with Crippen LogP contribution in [-0.2, 0) is 0 Å². The van der Waals surface area contributed by atoms with Gasteiger partial charge in [-0.2, -0.15) is 4.99 Å². The molecule has 0 atom stereocenters. The van der Waals surface area contributed by atoms with Gasteiger partial charge in [0.05, 0.1) is 14.1 Å². The molecule has 0 unspecified atom stereocenters. The summed E-state index contributed by atoms with van der Waals surface area (Å²) in [5.41, 5.74) is 1.76. The molecule has 9 heavy (non-hydrogen) atoms. The van der Waals surface area contributed by atoms with E-state index in [4.69, 9.17) is 0 Å². The molecule has 0 spiro atoms. The summed E-state index contributed by atoms with van der Waals surface area (Å²) >= 11 is 0. The first-order valence-electron chi connectivity index (χ1n) is 2.82. The Kier molecular flexibility index (Phi) is 1.07. The number of hydrogen-bond donors (Lipinski definition) is 0. The minimum Gasteiger partial charge on any atom is -0.252 e. The maximum absolute atomic E-state index is 4.02. The number of quaternary nitrogens is 1. The predicted octanol–water partition coefficient (Wildman–Crippen LogP) is 1.13. The van der Waals surface area contributed by atoms with E-state index >= 15 is 0 Å². The third kappa shape index (κ3) is 0.813. The van der Waals surface area contributed by atoms with Crippen molar-refractivity contribution in [3.8, 4) is 0 Å². The number of hydrogen-bond acceptors (Lipinski definition) is 1. The van der Waals surface area contributed by atoms with Crippen LogP contribution in [0.2, 0.25) is 0 Å². The van der Waals surface area contributed by atoms with Crippen LogP contribution in [0.15, 0.2) is 29.5 Å². The lowest BCUT2D eigenvalue weighted by Crippen LogP contribution is -2.32. The minimum absolute atomic E-state index is 0.638. The molecule has 48 valence electrons. The normalized spacial score (nSPS) is 23.3. The van der Waals surface area contributed by atoms with E-state index in [1.165, 1.54) is 0 Å². The van der Waals surface area contributed by atoms with Gasteiger partial charge in [-0.05, 0) is 6.58 Å². The topological polar surface area (TPSA) is 12.4 Å². The van der Waals surface area contributed by atoms with Gasteiger partial charge in [0.1, 0.15) is 5.70 Å². The van der Waals surface area contributed by atoms with Gasteiger partial charge in [0.2, 0.25) is 0 Å². The Morgan fingerprint density at radius 3 is 2.11 bits per heavy atom. The number of aliphatic imine (C=N–C) groups is 1. The van der Waals surface area contributed by atoms with Gasteiger partial charge < -0.3 is 0 Å². The summed E-state index contributed by atoms with van der Waals surface area (Å²) < 4.78 is 0.638. The third-order valence-electron chi connectivity index (χ3n) is 1.53. The van der Waals surface area contributed by atoms with Crippen molar-refractivity contribution in [3.05, 3.63) is 24.6 Å². The van der Waals surface area contributed by atoms with Gasteiger partial charge >= 0.3 is 0 Å². The molecular formula is C7H11N2+. The van der Waals surface area contributed by atoms with Crippen molar-refractivity contribution >= 4 is 6.34 Å². The smallest absolute Gasteiger partial charge is 0.195 e. The molecule has 0 aromatic heterocycles. The number of nitrogens with zero attached hydrogens (tertiary/aromatic N) is 2. The fourth-order valence-corrected chi connectivity index (χ4v) is 0.691. The van der Waals surface area contributed by atoms with E-state index in [-0.39, 0.29) is 0 Å². The van der Waals surface area contributed by atoms with E-state index in [1.807, 2.05) is 20.4 Å². The van der Waals surface area contributed by atoms with Crippen LogP contribution >= 0.6 is 0 Å². The zero-order valence-corrected chi connectivity index (χ0v) is 5.89. The molecule has 1 aliphatic heterocycles. The van der Waals surface area contributed by atoms with E-state index in [0.29, 0.717) is 4.48 Å². The first-order chi connectivity index (χ1) is 4.04. The molecule has 0 aliphatic carbocycles. The maximum Gasteiger partial charge on any atom is 0.195 e. The van der Waals surface area contributed by atoms with Crippen LogP contribution in [0.5, 0.6) is 0 Å². The Balaban J connectivity index is 3.00. The molecule has 0 saturated heterocycles. The number of rotatable bonds is 0. The van der Waals surface area contributed by atoms with Crippen LogP contribution in [0.1, 0.15) is 0 Å². The van der Waals surface area contributed by atoms with Crippen LogP contribution in [0.25, 0.3) is 0 Å². The van der Waals surface area contributed by atoms with Gasteiger partial charge in [-0.1, -0.05) is 6.58 Å². The summed E-state index contributed by atoms with van der Waals surface area (Å²) in [6.07, 6.45) is 1.82. The molecule has 1 heterocycles. The van der Waals surface area contributed by atoms with Gasteiger partial charge in [-0.25, -0.2) is 0 Å². The van der Waals surface area contributed by atoms with Gasteiger partial charge in [-0.15, -0.1) is 0 Å². The van der Waals surface area contributed by atoms with Crippen molar-refractivity contribution in [2.75, 3.05) is 14.1 Å². The lowest BCUT2D eigenvalue weighted by atomic mass is 10.3. The highest BCUT2D eigenvalue weighted by Crippen LogP contribution is 2.21. The lowest BCUT2D eigenvalue weighted by molar-refractivity contribution is -0.743. The number of likely N-dealkylation sites (N-methyl/N-ethyl adjacent to an activating group) is 1. The molecule has 0 N–H and O–H groups in total. The van der Waals surface area contributed by atoms with Gasteiger partial charge in [0.25, 0.3) is 0 Å². The van der Waals surface area contributed by atoms with E-state index in [2.05, 4.69) is 18.2 Å². The predicted molar refractivity (Wildman–Crippen MR) is 38.9 cm³/mol. The molecule has 0 radical (unpaired) electrons. The van der Waals surface area contributed by atoms with Crippen molar-refractivity contribution in [1.82, 2.24) is 0 Å². The highest BCUT2D eigenvalue weighted by Gasteiger charge is 2.26. The fraction of sp³-hybridized carbons (Fsp3) is 0.286. The average molecular weight is 123 g/mol.